The van der Waals surface area contributed by atoms with Gasteiger partial charge in [-0.3, -0.25) is 4.79 Å². The highest BCUT2D eigenvalue weighted by atomic mass is 32.1. The smallest absolute Gasteiger partial charge is 0.152 e. The maximum Gasteiger partial charge on any atom is 0.152 e. The van der Waals surface area contributed by atoms with Crippen LogP contribution in [0.4, 0.5) is 0 Å². The summed E-state index contributed by atoms with van der Waals surface area (Å²) in [6, 6.07) is -0.0999. The van der Waals surface area contributed by atoms with Crippen molar-refractivity contribution in [1.29, 1.82) is 0 Å². The quantitative estimate of drug-likeness (QED) is 0.804. The Morgan fingerprint density at radius 2 is 2.36 bits per heavy atom. The van der Waals surface area contributed by atoms with Crippen molar-refractivity contribution in [3.05, 3.63) is 16.6 Å². The Balaban J connectivity index is 2.60. The van der Waals surface area contributed by atoms with Crippen molar-refractivity contribution in [2.75, 3.05) is 7.05 Å². The number of aromatic nitrogens is 1. The molecule has 0 aromatic carbocycles. The van der Waals surface area contributed by atoms with E-state index in [2.05, 4.69) is 10.3 Å². The van der Waals surface area contributed by atoms with Gasteiger partial charge in [-0.1, -0.05) is 13.8 Å². The van der Waals surface area contributed by atoms with Crippen molar-refractivity contribution in [3.8, 4) is 0 Å². The highest BCUT2D eigenvalue weighted by Crippen LogP contribution is 2.08. The van der Waals surface area contributed by atoms with Crippen LogP contribution in [0.3, 0.4) is 0 Å². The minimum atomic E-state index is -0.0999. The Kier molecular flexibility index (Phi) is 4.22. The van der Waals surface area contributed by atoms with Crippen molar-refractivity contribution in [2.45, 2.75) is 26.3 Å². The van der Waals surface area contributed by atoms with E-state index in [1.54, 1.807) is 16.8 Å². The van der Waals surface area contributed by atoms with E-state index in [1.165, 1.54) is 0 Å². The summed E-state index contributed by atoms with van der Waals surface area (Å²) in [6.45, 7) is 3.85. The molecule has 0 aliphatic rings. The highest BCUT2D eigenvalue weighted by Gasteiger charge is 2.20. The number of nitrogens with zero attached hydrogens (tertiary/aromatic N) is 1. The van der Waals surface area contributed by atoms with Crippen LogP contribution in [0.15, 0.2) is 10.9 Å². The van der Waals surface area contributed by atoms with E-state index >= 15 is 0 Å². The number of carbonyl (C=O) groups is 1. The zero-order valence-corrected chi connectivity index (χ0v) is 9.60. The van der Waals surface area contributed by atoms with Crippen LogP contribution in [-0.2, 0) is 11.2 Å². The van der Waals surface area contributed by atoms with Crippen LogP contribution in [0, 0.1) is 5.92 Å². The second-order valence-corrected chi connectivity index (χ2v) is 4.30. The molecular formula is C10H16N2OS. The van der Waals surface area contributed by atoms with Gasteiger partial charge in [-0.2, -0.15) is 0 Å². The number of rotatable bonds is 5. The zero-order chi connectivity index (χ0) is 10.6. The SMILES string of the molecule is CN[C@@H](Cc1cscn1)C(=O)C(C)C. The second kappa shape index (κ2) is 5.22. The van der Waals surface area contributed by atoms with Crippen molar-refractivity contribution in [3.63, 3.8) is 0 Å². The Hall–Kier alpha value is -0.740. The monoisotopic (exact) mass is 212 g/mol. The molecule has 3 nitrogen and oxygen atoms in total. The number of carbonyl (C=O) groups excluding carboxylic acids is 1. The number of likely N-dealkylation sites (N-methyl/N-ethyl adjacent to an activating group) is 1. The fourth-order valence-electron chi connectivity index (χ4n) is 1.29. The van der Waals surface area contributed by atoms with E-state index in [0.717, 1.165) is 5.69 Å². The molecule has 0 unspecified atom stereocenters. The van der Waals surface area contributed by atoms with Crippen molar-refractivity contribution < 1.29 is 4.79 Å². The zero-order valence-electron chi connectivity index (χ0n) is 8.78. The molecule has 4 heteroatoms. The van der Waals surface area contributed by atoms with Gasteiger partial charge in [0.2, 0.25) is 0 Å². The summed E-state index contributed by atoms with van der Waals surface area (Å²) in [6.07, 6.45) is 0.691. The molecule has 0 spiro atoms. The molecule has 0 amide bonds. The molecule has 0 saturated heterocycles. The lowest BCUT2D eigenvalue weighted by Crippen LogP contribution is -2.38. The number of hydrogen-bond acceptors (Lipinski definition) is 4. The van der Waals surface area contributed by atoms with Crippen molar-refractivity contribution >= 4 is 17.1 Å². The Morgan fingerprint density at radius 1 is 1.64 bits per heavy atom. The molecule has 78 valence electrons. The fourth-order valence-corrected chi connectivity index (χ4v) is 1.87. The number of hydrogen-bond donors (Lipinski definition) is 1. The molecule has 0 saturated carbocycles. The van der Waals surface area contributed by atoms with Gasteiger partial charge in [0, 0.05) is 17.7 Å². The Morgan fingerprint density at radius 3 is 2.79 bits per heavy atom. The summed E-state index contributed by atoms with van der Waals surface area (Å²) in [5.74, 6) is 0.326. The molecule has 1 heterocycles. The Labute approximate surface area is 88.6 Å². The molecule has 0 bridgehead atoms. The van der Waals surface area contributed by atoms with Crippen LogP contribution in [-0.4, -0.2) is 23.9 Å². The van der Waals surface area contributed by atoms with Gasteiger partial charge >= 0.3 is 0 Å². The molecule has 0 radical (unpaired) electrons. The molecule has 1 N–H and O–H groups in total. The van der Waals surface area contributed by atoms with E-state index in [9.17, 15) is 4.79 Å². The topological polar surface area (TPSA) is 42.0 Å². The third-order valence-corrected chi connectivity index (χ3v) is 2.79. The third kappa shape index (κ3) is 2.89. The molecule has 0 aliphatic carbocycles. The first-order valence-electron chi connectivity index (χ1n) is 4.73. The van der Waals surface area contributed by atoms with Crippen LogP contribution >= 0.6 is 11.3 Å². The van der Waals surface area contributed by atoms with Gasteiger partial charge in [-0.15, -0.1) is 11.3 Å². The van der Waals surface area contributed by atoms with Gasteiger partial charge in [-0.05, 0) is 7.05 Å². The average molecular weight is 212 g/mol. The van der Waals surface area contributed by atoms with Gasteiger partial charge in [0.25, 0.3) is 0 Å². The summed E-state index contributed by atoms with van der Waals surface area (Å²) in [4.78, 5) is 15.9. The molecule has 1 atom stereocenters. The van der Waals surface area contributed by atoms with Crippen LogP contribution in [0.1, 0.15) is 19.5 Å². The van der Waals surface area contributed by atoms with Crippen LogP contribution in [0.5, 0.6) is 0 Å². The second-order valence-electron chi connectivity index (χ2n) is 3.58. The lowest BCUT2D eigenvalue weighted by Gasteiger charge is -2.15. The van der Waals surface area contributed by atoms with Gasteiger partial charge in [0.15, 0.2) is 5.78 Å². The maximum atomic E-state index is 11.7. The molecule has 1 aromatic rings. The standard InChI is InChI=1S/C10H16N2OS/c1-7(2)10(13)9(11-3)4-8-5-14-6-12-8/h5-7,9,11H,4H2,1-3H3/t9-/m0/s1. The molecule has 0 aliphatic heterocycles. The van der Waals surface area contributed by atoms with Crippen LogP contribution < -0.4 is 5.32 Å². The summed E-state index contributed by atoms with van der Waals surface area (Å²) >= 11 is 1.56. The first-order chi connectivity index (χ1) is 6.65. The van der Waals surface area contributed by atoms with E-state index in [1.807, 2.05) is 26.3 Å². The lowest BCUT2D eigenvalue weighted by atomic mass is 9.98. The average Bonchev–Trinajstić information content (AvgIpc) is 2.65. The number of Topliss-reactive ketones (excluding diaryl/α,β-unsaturated/α-hetero) is 1. The Bertz CT molecular complexity index is 282. The number of nitrogens with one attached hydrogen (secondary N) is 1. The fraction of sp³-hybridized carbons (Fsp3) is 0.600. The highest BCUT2D eigenvalue weighted by molar-refractivity contribution is 7.07. The van der Waals surface area contributed by atoms with E-state index < -0.39 is 0 Å². The van der Waals surface area contributed by atoms with Gasteiger partial charge in [0.05, 0.1) is 17.2 Å². The molecule has 1 rings (SSSR count). The largest absolute Gasteiger partial charge is 0.310 e. The van der Waals surface area contributed by atoms with Crippen molar-refractivity contribution in [1.82, 2.24) is 10.3 Å². The first kappa shape index (κ1) is 11.3. The maximum absolute atomic E-state index is 11.7. The van der Waals surface area contributed by atoms with E-state index in [-0.39, 0.29) is 17.7 Å². The van der Waals surface area contributed by atoms with E-state index in [0.29, 0.717) is 6.42 Å². The lowest BCUT2D eigenvalue weighted by molar-refractivity contribution is -0.123. The third-order valence-electron chi connectivity index (χ3n) is 2.16. The summed E-state index contributed by atoms with van der Waals surface area (Å²) in [7, 11) is 1.82. The summed E-state index contributed by atoms with van der Waals surface area (Å²) in [5.41, 5.74) is 2.78. The number of thiazole rings is 1. The number of ketones is 1. The van der Waals surface area contributed by atoms with Gasteiger partial charge < -0.3 is 5.32 Å². The predicted octanol–water partition coefficient (Wildman–Crippen LogP) is 1.50. The van der Waals surface area contributed by atoms with Gasteiger partial charge in [0.1, 0.15) is 0 Å². The molecule has 0 fully saturated rings. The molecule has 14 heavy (non-hydrogen) atoms. The minimum Gasteiger partial charge on any atom is -0.310 e. The summed E-state index contributed by atoms with van der Waals surface area (Å²) in [5, 5.41) is 5.02. The van der Waals surface area contributed by atoms with E-state index in [4.69, 9.17) is 0 Å². The minimum absolute atomic E-state index is 0.0751. The normalized spacial score (nSPS) is 13.1. The van der Waals surface area contributed by atoms with Crippen LogP contribution in [0.2, 0.25) is 0 Å². The van der Waals surface area contributed by atoms with Gasteiger partial charge in [-0.25, -0.2) is 4.98 Å². The van der Waals surface area contributed by atoms with Crippen LogP contribution in [0.25, 0.3) is 0 Å². The first-order valence-corrected chi connectivity index (χ1v) is 5.67. The molecule has 1 aromatic heterocycles. The predicted molar refractivity (Wildman–Crippen MR) is 58.5 cm³/mol. The molecular weight excluding hydrogens is 196 g/mol. The summed E-state index contributed by atoms with van der Waals surface area (Å²) < 4.78 is 0. The van der Waals surface area contributed by atoms with Crippen molar-refractivity contribution in [2.24, 2.45) is 5.92 Å².